The average molecular weight is 269 g/mol. The topological polar surface area (TPSA) is 33.2 Å². The van der Waals surface area contributed by atoms with Crippen LogP contribution < -0.4 is 0 Å². The molecule has 0 radical (unpaired) electrons. The molecule has 0 aliphatic heterocycles. The fourth-order valence-corrected chi connectivity index (χ4v) is 2.76. The van der Waals surface area contributed by atoms with E-state index in [0.717, 1.165) is 25.8 Å². The number of benzene rings is 1. The number of rotatable bonds is 2. The molecule has 0 aliphatic carbocycles. The Morgan fingerprint density at radius 2 is 2.24 bits per heavy atom. The van der Waals surface area contributed by atoms with Crippen molar-refractivity contribution in [1.82, 2.24) is 9.88 Å². The largest absolute Gasteiger partial charge is 0.339 e. The van der Waals surface area contributed by atoms with Gasteiger partial charge in [-0.2, -0.15) is 0 Å². The van der Waals surface area contributed by atoms with Crippen LogP contribution in [0.25, 0.3) is 10.2 Å². The molecule has 1 aromatic heterocycles. The first kappa shape index (κ1) is 12.3. The van der Waals surface area contributed by atoms with Gasteiger partial charge in [0.25, 0.3) is 0 Å². The minimum absolute atomic E-state index is 0.0408. The van der Waals surface area contributed by atoms with Crippen LogP contribution in [0.4, 0.5) is 0 Å². The summed E-state index contributed by atoms with van der Waals surface area (Å²) in [5, 5.41) is 1.66. The Morgan fingerprint density at radius 1 is 1.53 bits per heavy atom. The number of hydrogen-bond donors (Lipinski definition) is 0. The van der Waals surface area contributed by atoms with Crippen molar-refractivity contribution in [3.63, 3.8) is 0 Å². The maximum Gasteiger partial charge on any atom is 0.219 e. The Morgan fingerprint density at radius 3 is 2.88 bits per heavy atom. The highest BCUT2D eigenvalue weighted by molar-refractivity contribution is 7.18. The number of halogens is 1. The third-order valence-electron chi connectivity index (χ3n) is 2.70. The van der Waals surface area contributed by atoms with E-state index in [0.29, 0.717) is 6.54 Å². The monoisotopic (exact) mass is 268 g/mol. The van der Waals surface area contributed by atoms with Crippen molar-refractivity contribution in [3.8, 4) is 0 Å². The van der Waals surface area contributed by atoms with Gasteiger partial charge in [0.15, 0.2) is 0 Å². The molecule has 1 heterocycles. The number of aromatic nitrogens is 1. The summed E-state index contributed by atoms with van der Waals surface area (Å²) in [7, 11) is 1.77. The van der Waals surface area contributed by atoms with Crippen LogP contribution in [0.3, 0.4) is 0 Å². The zero-order chi connectivity index (χ0) is 12.6. The van der Waals surface area contributed by atoms with Gasteiger partial charge in [-0.3, -0.25) is 4.79 Å². The molecule has 0 unspecified atom stereocenters. The molecule has 0 bridgehead atoms. The van der Waals surface area contributed by atoms with Gasteiger partial charge in [-0.15, -0.1) is 11.3 Å². The van der Waals surface area contributed by atoms with Crippen LogP contribution in [-0.2, 0) is 11.3 Å². The highest BCUT2D eigenvalue weighted by Crippen LogP contribution is 2.29. The summed E-state index contributed by atoms with van der Waals surface area (Å²) in [5.41, 5.74) is 1.94. The average Bonchev–Trinajstić information content (AvgIpc) is 2.67. The lowest BCUT2D eigenvalue weighted by Crippen LogP contribution is -2.22. The Labute approximate surface area is 109 Å². The third-order valence-corrected chi connectivity index (χ3v) is 4.12. The number of amides is 1. The van der Waals surface area contributed by atoms with Crippen molar-refractivity contribution < 1.29 is 4.79 Å². The lowest BCUT2D eigenvalue weighted by Gasteiger charge is -2.11. The second-order valence-corrected chi connectivity index (χ2v) is 5.52. The Hall–Kier alpha value is -1.13. The molecule has 90 valence electrons. The van der Waals surface area contributed by atoms with E-state index < -0.39 is 0 Å². The Balaban J connectivity index is 2.38. The zero-order valence-electron chi connectivity index (χ0n) is 9.95. The van der Waals surface area contributed by atoms with E-state index in [2.05, 4.69) is 4.98 Å². The molecule has 1 aromatic carbocycles. The van der Waals surface area contributed by atoms with Crippen molar-refractivity contribution in [3.05, 3.63) is 27.7 Å². The summed E-state index contributed by atoms with van der Waals surface area (Å²) >= 11 is 7.66. The van der Waals surface area contributed by atoms with Gasteiger partial charge in [0, 0.05) is 19.0 Å². The molecule has 2 aromatic rings. The van der Waals surface area contributed by atoms with Crippen LogP contribution in [0.1, 0.15) is 17.5 Å². The number of fused-ring (bicyclic) bond motifs is 1. The molecular weight excluding hydrogens is 256 g/mol. The SMILES string of the molecule is CC(=O)N(C)Cc1nc2c(C)c(Cl)ccc2s1. The van der Waals surface area contributed by atoms with Gasteiger partial charge < -0.3 is 4.90 Å². The number of carbonyl (C=O) groups is 1. The number of nitrogens with zero attached hydrogens (tertiary/aromatic N) is 2. The van der Waals surface area contributed by atoms with E-state index in [1.165, 1.54) is 0 Å². The van der Waals surface area contributed by atoms with Gasteiger partial charge in [-0.25, -0.2) is 4.98 Å². The second-order valence-electron chi connectivity index (χ2n) is 4.00. The molecular formula is C12H13ClN2OS. The van der Waals surface area contributed by atoms with Crippen LogP contribution in [0, 0.1) is 6.92 Å². The number of thiazole rings is 1. The van der Waals surface area contributed by atoms with E-state index in [9.17, 15) is 4.79 Å². The smallest absolute Gasteiger partial charge is 0.219 e. The molecule has 5 heteroatoms. The predicted octanol–water partition coefficient (Wildman–Crippen LogP) is 3.24. The third kappa shape index (κ3) is 2.42. The molecule has 2 rings (SSSR count). The lowest BCUT2D eigenvalue weighted by molar-refractivity contribution is -0.128. The molecule has 0 fully saturated rings. The van der Waals surface area contributed by atoms with Crippen LogP contribution >= 0.6 is 22.9 Å². The van der Waals surface area contributed by atoms with E-state index in [1.54, 1.807) is 30.2 Å². The molecule has 0 aliphatic rings. The van der Waals surface area contributed by atoms with Crippen molar-refractivity contribution >= 4 is 39.1 Å². The summed E-state index contributed by atoms with van der Waals surface area (Å²) in [5.74, 6) is 0.0408. The molecule has 0 saturated heterocycles. The fraction of sp³-hybridized carbons (Fsp3) is 0.333. The predicted molar refractivity (Wildman–Crippen MR) is 71.5 cm³/mol. The van der Waals surface area contributed by atoms with Crippen LogP contribution in [0.5, 0.6) is 0 Å². The van der Waals surface area contributed by atoms with Gasteiger partial charge >= 0.3 is 0 Å². The molecule has 17 heavy (non-hydrogen) atoms. The normalized spacial score (nSPS) is 10.8. The first-order valence-electron chi connectivity index (χ1n) is 5.25. The lowest BCUT2D eigenvalue weighted by atomic mass is 10.2. The van der Waals surface area contributed by atoms with Gasteiger partial charge in [0.1, 0.15) is 5.01 Å². The Kier molecular flexibility index (Phi) is 3.35. The number of hydrogen-bond acceptors (Lipinski definition) is 3. The minimum Gasteiger partial charge on any atom is -0.339 e. The van der Waals surface area contributed by atoms with Crippen LogP contribution in [0.2, 0.25) is 5.02 Å². The summed E-state index contributed by atoms with van der Waals surface area (Å²) in [6, 6.07) is 3.86. The molecule has 3 nitrogen and oxygen atoms in total. The fourth-order valence-electron chi connectivity index (χ4n) is 1.53. The van der Waals surface area contributed by atoms with Gasteiger partial charge in [0.2, 0.25) is 5.91 Å². The molecule has 0 atom stereocenters. The van der Waals surface area contributed by atoms with Gasteiger partial charge in [-0.1, -0.05) is 11.6 Å². The van der Waals surface area contributed by atoms with Crippen molar-refractivity contribution in [2.24, 2.45) is 0 Å². The molecule has 0 spiro atoms. The summed E-state index contributed by atoms with van der Waals surface area (Å²) in [6.07, 6.45) is 0. The van der Waals surface area contributed by atoms with E-state index in [-0.39, 0.29) is 5.91 Å². The second kappa shape index (κ2) is 4.63. The number of carbonyl (C=O) groups excluding carboxylic acids is 1. The van der Waals surface area contributed by atoms with E-state index in [1.807, 2.05) is 19.1 Å². The molecule has 0 saturated carbocycles. The zero-order valence-corrected chi connectivity index (χ0v) is 11.5. The van der Waals surface area contributed by atoms with Gasteiger partial charge in [0.05, 0.1) is 16.8 Å². The Bertz CT molecular complexity index is 579. The van der Waals surface area contributed by atoms with Crippen molar-refractivity contribution in [2.45, 2.75) is 20.4 Å². The summed E-state index contributed by atoms with van der Waals surface area (Å²) in [6.45, 7) is 4.06. The maximum absolute atomic E-state index is 11.2. The van der Waals surface area contributed by atoms with Crippen LogP contribution in [0.15, 0.2) is 12.1 Å². The first-order chi connectivity index (χ1) is 7.99. The minimum atomic E-state index is 0.0408. The number of aryl methyl sites for hydroxylation is 1. The standard InChI is InChI=1S/C12H13ClN2OS/c1-7-9(13)4-5-10-12(7)14-11(17-10)6-15(3)8(2)16/h4-5H,6H2,1-3H3. The molecule has 0 N–H and O–H groups in total. The molecule has 1 amide bonds. The van der Waals surface area contributed by atoms with E-state index >= 15 is 0 Å². The summed E-state index contributed by atoms with van der Waals surface area (Å²) < 4.78 is 1.11. The first-order valence-corrected chi connectivity index (χ1v) is 6.44. The highest BCUT2D eigenvalue weighted by Gasteiger charge is 2.11. The van der Waals surface area contributed by atoms with Crippen molar-refractivity contribution in [1.29, 1.82) is 0 Å². The quantitative estimate of drug-likeness (QED) is 0.838. The maximum atomic E-state index is 11.2. The van der Waals surface area contributed by atoms with Gasteiger partial charge in [-0.05, 0) is 24.6 Å². The van der Waals surface area contributed by atoms with Crippen molar-refractivity contribution in [2.75, 3.05) is 7.05 Å². The van der Waals surface area contributed by atoms with Crippen LogP contribution in [-0.4, -0.2) is 22.8 Å². The van der Waals surface area contributed by atoms with E-state index in [4.69, 9.17) is 11.6 Å². The summed E-state index contributed by atoms with van der Waals surface area (Å²) in [4.78, 5) is 17.3. The highest BCUT2D eigenvalue weighted by atomic mass is 35.5.